The zero-order valence-electron chi connectivity index (χ0n) is 12.2. The summed E-state index contributed by atoms with van der Waals surface area (Å²) in [7, 11) is 1.67. The van der Waals surface area contributed by atoms with Gasteiger partial charge in [-0.25, -0.2) is 0 Å². The minimum absolute atomic E-state index is 0.151. The third-order valence-corrected chi connectivity index (χ3v) is 4.06. The number of amides is 1. The lowest BCUT2D eigenvalue weighted by Crippen LogP contribution is -2.35. The molecule has 1 atom stereocenters. The number of phenols is 1. The fraction of sp³-hybridized carbons (Fsp3) is 0.235. The molecule has 0 aliphatic carbocycles. The molecule has 2 rings (SSSR count). The number of nitrogens with zero attached hydrogens (tertiary/aromatic N) is 1. The van der Waals surface area contributed by atoms with E-state index in [2.05, 4.69) is 15.9 Å². The van der Waals surface area contributed by atoms with Crippen molar-refractivity contribution in [2.24, 2.45) is 5.92 Å². The Kier molecular flexibility index (Phi) is 5.57. The average Bonchev–Trinajstić information content (AvgIpc) is 2.53. The Morgan fingerprint density at radius 1 is 1.14 bits per heavy atom. The van der Waals surface area contributed by atoms with Gasteiger partial charge in [0.1, 0.15) is 5.75 Å². The van der Waals surface area contributed by atoms with Gasteiger partial charge in [-0.05, 0) is 48.4 Å². The molecule has 0 aliphatic heterocycles. The average molecular weight is 364 g/mol. The highest BCUT2D eigenvalue weighted by atomic mass is 79.9. The van der Waals surface area contributed by atoms with Crippen LogP contribution in [0.1, 0.15) is 5.56 Å². The van der Waals surface area contributed by atoms with Crippen molar-refractivity contribution in [3.05, 3.63) is 58.6 Å². The lowest BCUT2D eigenvalue weighted by molar-refractivity contribution is -0.123. The van der Waals surface area contributed by atoms with E-state index in [4.69, 9.17) is 0 Å². The van der Waals surface area contributed by atoms with Crippen LogP contribution in [0.15, 0.2) is 53.0 Å². The number of phenolic OH excluding ortho intramolecular Hbond substituents is 1. The summed E-state index contributed by atoms with van der Waals surface area (Å²) in [6.07, 6.45) is 0.477. The predicted octanol–water partition coefficient (Wildman–Crippen LogP) is 2.97. The van der Waals surface area contributed by atoms with Crippen molar-refractivity contribution in [2.75, 3.05) is 18.6 Å². The summed E-state index contributed by atoms with van der Waals surface area (Å²) in [4.78, 5) is 14.0. The number of halogens is 1. The SMILES string of the molecule is CN(C(=O)C(CO)Cc1ccc(Br)cc1)c1ccc(O)cc1. The third-order valence-electron chi connectivity index (χ3n) is 3.53. The molecule has 2 N–H and O–H groups in total. The van der Waals surface area contributed by atoms with E-state index in [1.807, 2.05) is 24.3 Å². The highest BCUT2D eigenvalue weighted by Crippen LogP contribution is 2.21. The molecule has 0 aromatic heterocycles. The van der Waals surface area contributed by atoms with Crippen LogP contribution in [-0.4, -0.2) is 29.8 Å². The van der Waals surface area contributed by atoms with Gasteiger partial charge in [-0.15, -0.1) is 0 Å². The Hall–Kier alpha value is -1.85. The number of anilines is 1. The van der Waals surface area contributed by atoms with Crippen molar-refractivity contribution < 1.29 is 15.0 Å². The van der Waals surface area contributed by atoms with E-state index in [0.29, 0.717) is 12.1 Å². The van der Waals surface area contributed by atoms with Crippen LogP contribution in [0, 0.1) is 5.92 Å². The molecule has 2 aromatic rings. The maximum absolute atomic E-state index is 12.5. The van der Waals surface area contributed by atoms with Crippen LogP contribution in [0.25, 0.3) is 0 Å². The van der Waals surface area contributed by atoms with Gasteiger partial charge >= 0.3 is 0 Å². The van der Waals surface area contributed by atoms with Crippen LogP contribution < -0.4 is 4.90 Å². The molecule has 22 heavy (non-hydrogen) atoms. The van der Waals surface area contributed by atoms with Crippen LogP contribution in [-0.2, 0) is 11.2 Å². The number of aliphatic hydroxyl groups excluding tert-OH is 1. The summed E-state index contributed by atoms with van der Waals surface area (Å²) in [5.74, 6) is -0.505. The van der Waals surface area contributed by atoms with Crippen molar-refractivity contribution in [3.8, 4) is 5.75 Å². The van der Waals surface area contributed by atoms with Crippen LogP contribution in [0.2, 0.25) is 0 Å². The number of aromatic hydroxyl groups is 1. The number of rotatable bonds is 5. The van der Waals surface area contributed by atoms with E-state index in [1.54, 1.807) is 19.2 Å². The second-order valence-electron chi connectivity index (χ2n) is 5.12. The zero-order valence-corrected chi connectivity index (χ0v) is 13.8. The number of carbonyl (C=O) groups excluding carboxylic acids is 1. The molecule has 0 spiro atoms. The molecule has 0 fully saturated rings. The lowest BCUT2D eigenvalue weighted by atomic mass is 9.98. The van der Waals surface area contributed by atoms with Crippen LogP contribution >= 0.6 is 15.9 Å². The molecule has 0 aliphatic rings. The molecular weight excluding hydrogens is 346 g/mol. The molecule has 0 saturated heterocycles. The van der Waals surface area contributed by atoms with Gasteiger partial charge in [0.2, 0.25) is 5.91 Å². The summed E-state index contributed by atoms with van der Waals surface area (Å²) >= 11 is 3.37. The van der Waals surface area contributed by atoms with Gasteiger partial charge < -0.3 is 15.1 Å². The largest absolute Gasteiger partial charge is 0.508 e. The summed E-state index contributed by atoms with van der Waals surface area (Å²) in [6, 6.07) is 14.1. The maximum atomic E-state index is 12.5. The molecule has 116 valence electrons. The quantitative estimate of drug-likeness (QED) is 0.858. The molecule has 1 unspecified atom stereocenters. The monoisotopic (exact) mass is 363 g/mol. The molecule has 4 nitrogen and oxygen atoms in total. The minimum Gasteiger partial charge on any atom is -0.508 e. The summed E-state index contributed by atoms with van der Waals surface area (Å²) < 4.78 is 0.976. The Morgan fingerprint density at radius 3 is 2.27 bits per heavy atom. The third kappa shape index (κ3) is 4.08. The molecule has 0 bridgehead atoms. The fourth-order valence-electron chi connectivity index (χ4n) is 2.21. The number of carbonyl (C=O) groups is 1. The standard InChI is InChI=1S/C17H18BrNO3/c1-19(15-6-8-16(21)9-7-15)17(22)13(11-20)10-12-2-4-14(18)5-3-12/h2-9,13,20-21H,10-11H2,1H3. The maximum Gasteiger partial charge on any atom is 0.232 e. The van der Waals surface area contributed by atoms with Crippen molar-refractivity contribution in [1.29, 1.82) is 0 Å². The van der Waals surface area contributed by atoms with Gasteiger partial charge in [-0.2, -0.15) is 0 Å². The first kappa shape index (κ1) is 16.5. The van der Waals surface area contributed by atoms with Crippen LogP contribution in [0.3, 0.4) is 0 Å². The number of benzene rings is 2. The Labute approximate surface area is 138 Å². The highest BCUT2D eigenvalue weighted by molar-refractivity contribution is 9.10. The minimum atomic E-state index is -0.500. The van der Waals surface area contributed by atoms with Crippen molar-refractivity contribution in [2.45, 2.75) is 6.42 Å². The van der Waals surface area contributed by atoms with Gasteiger partial charge in [-0.1, -0.05) is 28.1 Å². The Balaban J connectivity index is 2.10. The number of aliphatic hydroxyl groups is 1. The fourth-order valence-corrected chi connectivity index (χ4v) is 2.48. The molecular formula is C17H18BrNO3. The zero-order chi connectivity index (χ0) is 16.1. The van der Waals surface area contributed by atoms with Gasteiger partial charge in [0.25, 0.3) is 0 Å². The second-order valence-corrected chi connectivity index (χ2v) is 6.04. The molecule has 2 aromatic carbocycles. The normalized spacial score (nSPS) is 12.0. The predicted molar refractivity (Wildman–Crippen MR) is 89.9 cm³/mol. The van der Waals surface area contributed by atoms with Crippen molar-refractivity contribution in [3.63, 3.8) is 0 Å². The van der Waals surface area contributed by atoms with Crippen molar-refractivity contribution in [1.82, 2.24) is 0 Å². The van der Waals surface area contributed by atoms with Crippen LogP contribution in [0.4, 0.5) is 5.69 Å². The smallest absolute Gasteiger partial charge is 0.232 e. The highest BCUT2D eigenvalue weighted by Gasteiger charge is 2.22. The van der Waals surface area contributed by atoms with E-state index in [1.165, 1.54) is 17.0 Å². The number of hydrogen-bond donors (Lipinski definition) is 2. The molecule has 0 saturated carbocycles. The van der Waals surface area contributed by atoms with E-state index in [9.17, 15) is 15.0 Å². The lowest BCUT2D eigenvalue weighted by Gasteiger charge is -2.23. The van der Waals surface area contributed by atoms with Crippen molar-refractivity contribution >= 4 is 27.5 Å². The van der Waals surface area contributed by atoms with Crippen LogP contribution in [0.5, 0.6) is 5.75 Å². The topological polar surface area (TPSA) is 60.8 Å². The molecule has 0 heterocycles. The molecule has 5 heteroatoms. The summed E-state index contributed by atoms with van der Waals surface area (Å²) in [5.41, 5.74) is 1.67. The second kappa shape index (κ2) is 7.42. The molecule has 0 radical (unpaired) electrons. The first-order valence-electron chi connectivity index (χ1n) is 6.93. The first-order valence-corrected chi connectivity index (χ1v) is 7.72. The van der Waals surface area contributed by atoms with E-state index in [0.717, 1.165) is 10.0 Å². The Morgan fingerprint density at radius 2 is 1.73 bits per heavy atom. The van der Waals surface area contributed by atoms with E-state index < -0.39 is 5.92 Å². The first-order chi connectivity index (χ1) is 10.5. The summed E-state index contributed by atoms with van der Waals surface area (Å²) in [5, 5.41) is 18.9. The van der Waals surface area contributed by atoms with E-state index >= 15 is 0 Å². The summed E-state index contributed by atoms with van der Waals surface area (Å²) in [6.45, 7) is -0.211. The van der Waals surface area contributed by atoms with Gasteiger partial charge in [0.15, 0.2) is 0 Å². The van der Waals surface area contributed by atoms with Gasteiger partial charge in [0, 0.05) is 17.2 Å². The molecule has 1 amide bonds. The van der Waals surface area contributed by atoms with Gasteiger partial charge in [0.05, 0.1) is 12.5 Å². The van der Waals surface area contributed by atoms with E-state index in [-0.39, 0.29) is 18.3 Å². The Bertz CT molecular complexity index is 625. The number of hydrogen-bond acceptors (Lipinski definition) is 3. The van der Waals surface area contributed by atoms with Gasteiger partial charge in [-0.3, -0.25) is 4.79 Å².